The van der Waals surface area contributed by atoms with Gasteiger partial charge in [-0.1, -0.05) is 12.1 Å². The standard InChI is InChI=1S/C17H23N3/c1-13-5-6-14-12-15(7-8-18)17(19-16(14)11-13)20-9-3-2-4-10-20/h5-6,11-12H,2-4,7-10,18H2,1H3. The average molecular weight is 269 g/mol. The molecule has 2 heterocycles. The zero-order chi connectivity index (χ0) is 13.9. The van der Waals surface area contributed by atoms with Gasteiger partial charge in [0.15, 0.2) is 0 Å². The number of nitrogens with zero attached hydrogens (tertiary/aromatic N) is 2. The van der Waals surface area contributed by atoms with Crippen molar-refractivity contribution in [3.05, 3.63) is 35.4 Å². The highest BCUT2D eigenvalue weighted by molar-refractivity contribution is 5.82. The molecule has 1 aliphatic rings. The number of fused-ring (bicyclic) bond motifs is 1. The summed E-state index contributed by atoms with van der Waals surface area (Å²) in [7, 11) is 0. The first kappa shape index (κ1) is 13.4. The van der Waals surface area contributed by atoms with Crippen molar-refractivity contribution in [3.8, 4) is 0 Å². The lowest BCUT2D eigenvalue weighted by molar-refractivity contribution is 0.572. The zero-order valence-electron chi connectivity index (χ0n) is 12.2. The van der Waals surface area contributed by atoms with Crippen molar-refractivity contribution in [1.29, 1.82) is 0 Å². The van der Waals surface area contributed by atoms with Crippen LogP contribution in [0.15, 0.2) is 24.3 Å². The average Bonchev–Trinajstić information content (AvgIpc) is 2.48. The molecule has 0 bridgehead atoms. The van der Waals surface area contributed by atoms with Crippen LogP contribution in [0.25, 0.3) is 10.9 Å². The lowest BCUT2D eigenvalue weighted by Crippen LogP contribution is -2.31. The van der Waals surface area contributed by atoms with E-state index < -0.39 is 0 Å². The molecule has 3 rings (SSSR count). The van der Waals surface area contributed by atoms with E-state index in [1.165, 1.54) is 35.8 Å². The highest BCUT2D eigenvalue weighted by atomic mass is 15.2. The second kappa shape index (κ2) is 5.80. The summed E-state index contributed by atoms with van der Waals surface area (Å²) >= 11 is 0. The first-order valence-corrected chi connectivity index (χ1v) is 7.63. The Bertz CT molecular complexity index is 600. The van der Waals surface area contributed by atoms with Gasteiger partial charge >= 0.3 is 0 Å². The molecule has 1 aromatic heterocycles. The highest BCUT2D eigenvalue weighted by Gasteiger charge is 2.16. The number of aromatic nitrogens is 1. The summed E-state index contributed by atoms with van der Waals surface area (Å²) in [5.74, 6) is 1.16. The van der Waals surface area contributed by atoms with Crippen LogP contribution in [-0.4, -0.2) is 24.6 Å². The molecule has 1 saturated heterocycles. The largest absolute Gasteiger partial charge is 0.356 e. The molecule has 0 spiro atoms. The summed E-state index contributed by atoms with van der Waals surface area (Å²) in [4.78, 5) is 7.39. The maximum absolute atomic E-state index is 5.78. The van der Waals surface area contributed by atoms with Gasteiger partial charge in [-0.25, -0.2) is 4.98 Å². The van der Waals surface area contributed by atoms with E-state index in [-0.39, 0.29) is 0 Å². The minimum Gasteiger partial charge on any atom is -0.356 e. The van der Waals surface area contributed by atoms with Crippen molar-refractivity contribution in [2.24, 2.45) is 5.73 Å². The third-order valence-electron chi connectivity index (χ3n) is 4.10. The molecule has 0 saturated carbocycles. The van der Waals surface area contributed by atoms with E-state index in [0.29, 0.717) is 6.54 Å². The number of hydrogen-bond acceptors (Lipinski definition) is 3. The number of hydrogen-bond donors (Lipinski definition) is 1. The van der Waals surface area contributed by atoms with Crippen molar-refractivity contribution >= 4 is 16.7 Å². The van der Waals surface area contributed by atoms with E-state index in [4.69, 9.17) is 10.7 Å². The van der Waals surface area contributed by atoms with Gasteiger partial charge in [-0.2, -0.15) is 0 Å². The summed E-state index contributed by atoms with van der Waals surface area (Å²) < 4.78 is 0. The molecule has 0 radical (unpaired) electrons. The summed E-state index contributed by atoms with van der Waals surface area (Å²) in [6.07, 6.45) is 4.79. The Morgan fingerprint density at radius 1 is 1.15 bits per heavy atom. The molecule has 0 atom stereocenters. The molecule has 106 valence electrons. The van der Waals surface area contributed by atoms with E-state index in [0.717, 1.165) is 30.8 Å². The number of piperidine rings is 1. The number of pyridine rings is 1. The van der Waals surface area contributed by atoms with Crippen LogP contribution < -0.4 is 10.6 Å². The molecule has 0 amide bonds. The van der Waals surface area contributed by atoms with Crippen LogP contribution in [0.3, 0.4) is 0 Å². The number of aryl methyl sites for hydroxylation is 1. The van der Waals surface area contributed by atoms with E-state index >= 15 is 0 Å². The van der Waals surface area contributed by atoms with Crippen LogP contribution in [0.1, 0.15) is 30.4 Å². The number of benzene rings is 1. The summed E-state index contributed by atoms with van der Waals surface area (Å²) in [6, 6.07) is 8.77. The van der Waals surface area contributed by atoms with Crippen LogP contribution in [-0.2, 0) is 6.42 Å². The first-order valence-electron chi connectivity index (χ1n) is 7.63. The van der Waals surface area contributed by atoms with Gasteiger partial charge in [0, 0.05) is 18.5 Å². The molecule has 3 heteroatoms. The SMILES string of the molecule is Cc1ccc2cc(CCN)c(N3CCCCC3)nc2c1. The predicted molar refractivity (Wildman–Crippen MR) is 85.3 cm³/mol. The fourth-order valence-electron chi connectivity index (χ4n) is 3.03. The number of anilines is 1. The molecule has 0 unspecified atom stereocenters. The maximum Gasteiger partial charge on any atom is 0.132 e. The van der Waals surface area contributed by atoms with Gasteiger partial charge in [-0.05, 0) is 62.4 Å². The summed E-state index contributed by atoms with van der Waals surface area (Å²) in [5.41, 5.74) is 9.45. The second-order valence-electron chi connectivity index (χ2n) is 5.75. The molecular weight excluding hydrogens is 246 g/mol. The lowest BCUT2D eigenvalue weighted by atomic mass is 10.1. The summed E-state index contributed by atoms with van der Waals surface area (Å²) in [6.45, 7) is 5.05. The molecule has 2 aromatic rings. The van der Waals surface area contributed by atoms with Crippen LogP contribution in [0.4, 0.5) is 5.82 Å². The molecule has 3 nitrogen and oxygen atoms in total. The lowest BCUT2D eigenvalue weighted by Gasteiger charge is -2.29. The highest BCUT2D eigenvalue weighted by Crippen LogP contribution is 2.27. The molecular formula is C17H23N3. The van der Waals surface area contributed by atoms with Gasteiger partial charge in [0.2, 0.25) is 0 Å². The minimum absolute atomic E-state index is 0.680. The number of rotatable bonds is 3. The van der Waals surface area contributed by atoms with Crippen LogP contribution in [0.2, 0.25) is 0 Å². The zero-order valence-corrected chi connectivity index (χ0v) is 12.2. The Morgan fingerprint density at radius 2 is 1.95 bits per heavy atom. The van der Waals surface area contributed by atoms with Crippen molar-refractivity contribution in [2.75, 3.05) is 24.5 Å². The smallest absolute Gasteiger partial charge is 0.132 e. The molecule has 1 fully saturated rings. The number of nitrogens with two attached hydrogens (primary N) is 1. The van der Waals surface area contributed by atoms with Crippen molar-refractivity contribution in [3.63, 3.8) is 0 Å². The van der Waals surface area contributed by atoms with Crippen LogP contribution in [0, 0.1) is 6.92 Å². The second-order valence-corrected chi connectivity index (χ2v) is 5.75. The molecule has 2 N–H and O–H groups in total. The Morgan fingerprint density at radius 3 is 2.70 bits per heavy atom. The predicted octanol–water partition coefficient (Wildman–Crippen LogP) is 3.03. The van der Waals surface area contributed by atoms with Crippen LogP contribution in [0.5, 0.6) is 0 Å². The van der Waals surface area contributed by atoms with Crippen LogP contribution >= 0.6 is 0 Å². The molecule has 0 aliphatic carbocycles. The Labute approximate surface area is 120 Å². The van der Waals surface area contributed by atoms with Gasteiger partial charge in [0.05, 0.1) is 5.52 Å². The first-order chi connectivity index (χ1) is 9.78. The quantitative estimate of drug-likeness (QED) is 0.931. The molecule has 1 aromatic carbocycles. The van der Waals surface area contributed by atoms with E-state index in [1.54, 1.807) is 0 Å². The molecule has 20 heavy (non-hydrogen) atoms. The third kappa shape index (κ3) is 2.63. The van der Waals surface area contributed by atoms with Gasteiger partial charge < -0.3 is 10.6 Å². The van der Waals surface area contributed by atoms with Crippen molar-refractivity contribution < 1.29 is 0 Å². The summed E-state index contributed by atoms with van der Waals surface area (Å²) in [5, 5.41) is 1.22. The fourth-order valence-corrected chi connectivity index (χ4v) is 3.03. The fraction of sp³-hybridized carbons (Fsp3) is 0.471. The molecule has 1 aliphatic heterocycles. The van der Waals surface area contributed by atoms with Crippen molar-refractivity contribution in [1.82, 2.24) is 4.98 Å². The Kier molecular flexibility index (Phi) is 3.88. The monoisotopic (exact) mass is 269 g/mol. The topological polar surface area (TPSA) is 42.1 Å². The van der Waals surface area contributed by atoms with Gasteiger partial charge in [0.1, 0.15) is 5.82 Å². The van der Waals surface area contributed by atoms with Gasteiger partial charge in [-0.3, -0.25) is 0 Å². The Balaban J connectivity index is 2.08. The maximum atomic E-state index is 5.78. The normalized spacial score (nSPS) is 15.8. The third-order valence-corrected chi connectivity index (χ3v) is 4.10. The minimum atomic E-state index is 0.680. The van der Waals surface area contributed by atoms with E-state index in [2.05, 4.69) is 36.1 Å². The van der Waals surface area contributed by atoms with Gasteiger partial charge in [0.25, 0.3) is 0 Å². The van der Waals surface area contributed by atoms with E-state index in [1.807, 2.05) is 0 Å². The Hall–Kier alpha value is -1.61. The van der Waals surface area contributed by atoms with E-state index in [9.17, 15) is 0 Å². The van der Waals surface area contributed by atoms with Crippen molar-refractivity contribution in [2.45, 2.75) is 32.6 Å². The van der Waals surface area contributed by atoms with Gasteiger partial charge in [-0.15, -0.1) is 0 Å².